The van der Waals surface area contributed by atoms with Crippen molar-refractivity contribution in [3.63, 3.8) is 0 Å². The SMILES string of the molecule is C[C@@H](N)c1ccccc1CCO. The summed E-state index contributed by atoms with van der Waals surface area (Å²) >= 11 is 0. The average molecular weight is 165 g/mol. The van der Waals surface area contributed by atoms with Crippen molar-refractivity contribution < 1.29 is 5.11 Å². The molecule has 2 heteroatoms. The number of nitrogens with two attached hydrogens (primary N) is 1. The van der Waals surface area contributed by atoms with Gasteiger partial charge in [-0.05, 0) is 24.5 Å². The van der Waals surface area contributed by atoms with E-state index in [2.05, 4.69) is 0 Å². The zero-order valence-corrected chi connectivity index (χ0v) is 7.33. The molecule has 0 unspecified atom stereocenters. The molecule has 0 spiro atoms. The van der Waals surface area contributed by atoms with Crippen molar-refractivity contribution >= 4 is 0 Å². The Hall–Kier alpha value is -0.860. The van der Waals surface area contributed by atoms with E-state index in [4.69, 9.17) is 10.8 Å². The van der Waals surface area contributed by atoms with Crippen molar-refractivity contribution in [2.45, 2.75) is 19.4 Å². The second-order valence-corrected chi connectivity index (χ2v) is 2.96. The van der Waals surface area contributed by atoms with Crippen LogP contribution in [-0.4, -0.2) is 11.7 Å². The first-order valence-electron chi connectivity index (χ1n) is 4.20. The maximum absolute atomic E-state index is 8.79. The molecule has 0 aliphatic carbocycles. The van der Waals surface area contributed by atoms with Gasteiger partial charge in [-0.15, -0.1) is 0 Å². The Morgan fingerprint density at radius 3 is 2.67 bits per heavy atom. The molecule has 0 radical (unpaired) electrons. The molecule has 0 fully saturated rings. The molecule has 0 amide bonds. The molecule has 0 aliphatic rings. The molecular weight excluding hydrogens is 150 g/mol. The van der Waals surface area contributed by atoms with Crippen LogP contribution in [-0.2, 0) is 6.42 Å². The molecule has 1 aromatic carbocycles. The smallest absolute Gasteiger partial charge is 0.0471 e. The van der Waals surface area contributed by atoms with Gasteiger partial charge in [0.1, 0.15) is 0 Å². The highest BCUT2D eigenvalue weighted by Gasteiger charge is 2.04. The largest absolute Gasteiger partial charge is 0.396 e. The number of benzene rings is 1. The third-order valence-corrected chi connectivity index (χ3v) is 1.93. The third kappa shape index (κ3) is 2.06. The summed E-state index contributed by atoms with van der Waals surface area (Å²) < 4.78 is 0. The molecule has 1 atom stereocenters. The molecule has 0 saturated heterocycles. The van der Waals surface area contributed by atoms with Gasteiger partial charge in [-0.2, -0.15) is 0 Å². The van der Waals surface area contributed by atoms with E-state index in [9.17, 15) is 0 Å². The lowest BCUT2D eigenvalue weighted by Gasteiger charge is -2.10. The van der Waals surface area contributed by atoms with Crippen LogP contribution in [0.25, 0.3) is 0 Å². The Labute approximate surface area is 73.0 Å². The minimum atomic E-state index is 0.0488. The first-order chi connectivity index (χ1) is 5.75. The number of hydrogen-bond acceptors (Lipinski definition) is 2. The van der Waals surface area contributed by atoms with Crippen molar-refractivity contribution in [3.8, 4) is 0 Å². The second-order valence-electron chi connectivity index (χ2n) is 2.96. The zero-order valence-electron chi connectivity index (χ0n) is 7.33. The normalized spacial score (nSPS) is 12.9. The van der Waals surface area contributed by atoms with Gasteiger partial charge in [0.25, 0.3) is 0 Å². The van der Waals surface area contributed by atoms with Crippen LogP contribution in [0.3, 0.4) is 0 Å². The molecule has 0 saturated carbocycles. The highest BCUT2D eigenvalue weighted by Crippen LogP contribution is 2.15. The summed E-state index contributed by atoms with van der Waals surface area (Å²) in [6.45, 7) is 2.14. The van der Waals surface area contributed by atoms with Gasteiger partial charge < -0.3 is 10.8 Å². The van der Waals surface area contributed by atoms with Gasteiger partial charge >= 0.3 is 0 Å². The van der Waals surface area contributed by atoms with Gasteiger partial charge in [0.15, 0.2) is 0 Å². The van der Waals surface area contributed by atoms with E-state index in [-0.39, 0.29) is 12.6 Å². The molecule has 0 bridgehead atoms. The van der Waals surface area contributed by atoms with E-state index in [1.807, 2.05) is 31.2 Å². The second kappa shape index (κ2) is 4.24. The Balaban J connectivity index is 2.92. The molecule has 1 aromatic rings. The fourth-order valence-corrected chi connectivity index (χ4v) is 1.33. The maximum atomic E-state index is 8.79. The monoisotopic (exact) mass is 165 g/mol. The van der Waals surface area contributed by atoms with Crippen LogP contribution in [0.5, 0.6) is 0 Å². The summed E-state index contributed by atoms with van der Waals surface area (Å²) in [5.74, 6) is 0. The van der Waals surface area contributed by atoms with Gasteiger partial charge in [-0.25, -0.2) is 0 Å². The van der Waals surface area contributed by atoms with E-state index in [1.165, 1.54) is 0 Å². The van der Waals surface area contributed by atoms with Crippen LogP contribution in [0.4, 0.5) is 0 Å². The Kier molecular flexibility index (Phi) is 3.26. The number of rotatable bonds is 3. The fraction of sp³-hybridized carbons (Fsp3) is 0.400. The van der Waals surface area contributed by atoms with Gasteiger partial charge in [0.05, 0.1) is 0 Å². The van der Waals surface area contributed by atoms with Crippen LogP contribution < -0.4 is 5.73 Å². The molecule has 3 N–H and O–H groups in total. The topological polar surface area (TPSA) is 46.2 Å². The summed E-state index contributed by atoms with van der Waals surface area (Å²) in [4.78, 5) is 0. The summed E-state index contributed by atoms with van der Waals surface area (Å²) in [7, 11) is 0. The minimum Gasteiger partial charge on any atom is -0.396 e. The van der Waals surface area contributed by atoms with Crippen molar-refractivity contribution in [2.75, 3.05) is 6.61 Å². The predicted octanol–water partition coefficient (Wildman–Crippen LogP) is 1.24. The van der Waals surface area contributed by atoms with E-state index < -0.39 is 0 Å². The molecule has 0 aliphatic heterocycles. The number of aliphatic hydroxyl groups excluding tert-OH is 1. The molecule has 2 nitrogen and oxygen atoms in total. The van der Waals surface area contributed by atoms with Crippen LogP contribution >= 0.6 is 0 Å². The van der Waals surface area contributed by atoms with Crippen molar-refractivity contribution in [1.82, 2.24) is 0 Å². The van der Waals surface area contributed by atoms with E-state index in [1.54, 1.807) is 0 Å². The molecular formula is C10H15NO. The molecule has 0 heterocycles. The van der Waals surface area contributed by atoms with Gasteiger partial charge in [0.2, 0.25) is 0 Å². The lowest BCUT2D eigenvalue weighted by atomic mass is 10.0. The highest BCUT2D eigenvalue weighted by atomic mass is 16.2. The standard InChI is InChI=1S/C10H15NO/c1-8(11)10-5-3-2-4-9(10)6-7-12/h2-5,8,12H,6-7,11H2,1H3/t8-/m1/s1. The van der Waals surface area contributed by atoms with Crippen molar-refractivity contribution in [1.29, 1.82) is 0 Å². The first kappa shape index (κ1) is 9.23. The number of aliphatic hydroxyl groups is 1. The average Bonchev–Trinajstić information content (AvgIpc) is 2.05. The lowest BCUT2D eigenvalue weighted by Crippen LogP contribution is -2.08. The molecule has 12 heavy (non-hydrogen) atoms. The van der Waals surface area contributed by atoms with Crippen LogP contribution in [0, 0.1) is 0 Å². The quantitative estimate of drug-likeness (QED) is 0.708. The summed E-state index contributed by atoms with van der Waals surface area (Å²) in [5.41, 5.74) is 8.04. The Bertz CT molecular complexity index is 245. The zero-order chi connectivity index (χ0) is 8.97. The van der Waals surface area contributed by atoms with E-state index in [0.717, 1.165) is 11.1 Å². The van der Waals surface area contributed by atoms with Crippen molar-refractivity contribution in [2.24, 2.45) is 5.73 Å². The summed E-state index contributed by atoms with van der Waals surface area (Å²) in [6, 6.07) is 8.01. The van der Waals surface area contributed by atoms with Crippen LogP contribution in [0.1, 0.15) is 24.1 Å². The van der Waals surface area contributed by atoms with Gasteiger partial charge in [0, 0.05) is 12.6 Å². The van der Waals surface area contributed by atoms with E-state index in [0.29, 0.717) is 6.42 Å². The van der Waals surface area contributed by atoms with Crippen LogP contribution in [0.15, 0.2) is 24.3 Å². The highest BCUT2D eigenvalue weighted by molar-refractivity contribution is 5.29. The van der Waals surface area contributed by atoms with Gasteiger partial charge in [-0.3, -0.25) is 0 Å². The predicted molar refractivity (Wildman–Crippen MR) is 49.8 cm³/mol. The summed E-state index contributed by atoms with van der Waals surface area (Å²) in [6.07, 6.45) is 0.692. The minimum absolute atomic E-state index is 0.0488. The molecule has 0 aromatic heterocycles. The van der Waals surface area contributed by atoms with E-state index >= 15 is 0 Å². The molecule has 1 rings (SSSR count). The molecule has 66 valence electrons. The first-order valence-corrected chi connectivity index (χ1v) is 4.20. The lowest BCUT2D eigenvalue weighted by molar-refractivity contribution is 0.299. The van der Waals surface area contributed by atoms with Gasteiger partial charge in [-0.1, -0.05) is 24.3 Å². The Morgan fingerprint density at radius 2 is 2.08 bits per heavy atom. The fourth-order valence-electron chi connectivity index (χ4n) is 1.33. The number of hydrogen-bond donors (Lipinski definition) is 2. The van der Waals surface area contributed by atoms with Crippen LogP contribution in [0.2, 0.25) is 0 Å². The maximum Gasteiger partial charge on any atom is 0.0471 e. The summed E-state index contributed by atoms with van der Waals surface area (Å²) in [5, 5.41) is 8.79. The van der Waals surface area contributed by atoms with Crippen molar-refractivity contribution in [3.05, 3.63) is 35.4 Å². The Morgan fingerprint density at radius 1 is 1.42 bits per heavy atom. The third-order valence-electron chi connectivity index (χ3n) is 1.93.